The van der Waals surface area contributed by atoms with Gasteiger partial charge in [-0.05, 0) is 11.5 Å². The van der Waals surface area contributed by atoms with E-state index < -0.39 is 4.92 Å². The molecule has 6 heteroatoms. The smallest absolute Gasteiger partial charge is 0.269 e. The SMILES string of the molecule is CC(C)C(N)CC(=O)NCc1ccc([N+](=O)[O-])cc1. The molecule has 6 nitrogen and oxygen atoms in total. The van der Waals surface area contributed by atoms with E-state index in [0.29, 0.717) is 6.54 Å². The van der Waals surface area contributed by atoms with E-state index in [1.807, 2.05) is 13.8 Å². The van der Waals surface area contributed by atoms with Crippen LogP contribution in [-0.4, -0.2) is 16.9 Å². The van der Waals surface area contributed by atoms with Crippen LogP contribution in [0.5, 0.6) is 0 Å². The standard InChI is InChI=1S/C13H19N3O3/c1-9(2)12(14)7-13(17)15-8-10-3-5-11(6-4-10)16(18)19/h3-6,9,12H,7-8,14H2,1-2H3,(H,15,17). The van der Waals surface area contributed by atoms with E-state index >= 15 is 0 Å². The van der Waals surface area contributed by atoms with Crippen molar-refractivity contribution >= 4 is 11.6 Å². The van der Waals surface area contributed by atoms with Crippen molar-refractivity contribution < 1.29 is 9.72 Å². The predicted octanol–water partition coefficient (Wildman–Crippen LogP) is 1.58. The summed E-state index contributed by atoms with van der Waals surface area (Å²) < 4.78 is 0. The molecule has 0 aromatic heterocycles. The van der Waals surface area contributed by atoms with Crippen molar-refractivity contribution in [2.45, 2.75) is 32.9 Å². The Labute approximate surface area is 112 Å². The third kappa shape index (κ3) is 5.05. The first kappa shape index (κ1) is 15.1. The second kappa shape index (κ2) is 6.84. The summed E-state index contributed by atoms with van der Waals surface area (Å²) in [4.78, 5) is 21.6. The van der Waals surface area contributed by atoms with Gasteiger partial charge in [0.15, 0.2) is 0 Å². The molecule has 0 fully saturated rings. The van der Waals surface area contributed by atoms with Crippen LogP contribution in [0.1, 0.15) is 25.8 Å². The van der Waals surface area contributed by atoms with Crippen LogP contribution < -0.4 is 11.1 Å². The maximum absolute atomic E-state index is 11.6. The van der Waals surface area contributed by atoms with Crippen LogP contribution in [0.2, 0.25) is 0 Å². The molecule has 19 heavy (non-hydrogen) atoms. The fraction of sp³-hybridized carbons (Fsp3) is 0.462. The molecule has 0 saturated heterocycles. The second-order valence-electron chi connectivity index (χ2n) is 4.81. The van der Waals surface area contributed by atoms with E-state index in [2.05, 4.69) is 5.32 Å². The van der Waals surface area contributed by atoms with Crippen LogP contribution in [0.3, 0.4) is 0 Å². The van der Waals surface area contributed by atoms with Gasteiger partial charge in [0.2, 0.25) is 5.91 Å². The van der Waals surface area contributed by atoms with Crippen LogP contribution >= 0.6 is 0 Å². The van der Waals surface area contributed by atoms with Gasteiger partial charge in [0.05, 0.1) is 4.92 Å². The summed E-state index contributed by atoms with van der Waals surface area (Å²) in [6.07, 6.45) is 0.282. The third-order valence-corrected chi connectivity index (χ3v) is 2.91. The van der Waals surface area contributed by atoms with Gasteiger partial charge in [-0.3, -0.25) is 14.9 Å². The molecule has 0 aliphatic rings. The lowest BCUT2D eigenvalue weighted by Crippen LogP contribution is -2.34. The highest BCUT2D eigenvalue weighted by Gasteiger charge is 2.12. The first-order valence-corrected chi connectivity index (χ1v) is 6.15. The molecule has 1 rings (SSSR count). The Hall–Kier alpha value is -1.95. The van der Waals surface area contributed by atoms with Gasteiger partial charge in [-0.1, -0.05) is 26.0 Å². The van der Waals surface area contributed by atoms with Crippen LogP contribution in [0.25, 0.3) is 0 Å². The molecule has 3 N–H and O–H groups in total. The van der Waals surface area contributed by atoms with E-state index in [-0.39, 0.29) is 30.0 Å². The molecular weight excluding hydrogens is 246 g/mol. The van der Waals surface area contributed by atoms with Gasteiger partial charge < -0.3 is 11.1 Å². The van der Waals surface area contributed by atoms with Crippen LogP contribution in [0.4, 0.5) is 5.69 Å². The Morgan fingerprint density at radius 1 is 1.37 bits per heavy atom. The summed E-state index contributed by atoms with van der Waals surface area (Å²) in [5.41, 5.74) is 6.66. The maximum Gasteiger partial charge on any atom is 0.269 e. The first-order chi connectivity index (χ1) is 8.90. The van der Waals surface area contributed by atoms with Crippen molar-refractivity contribution in [2.75, 3.05) is 0 Å². The molecule has 0 radical (unpaired) electrons. The number of nitro groups is 1. The minimum atomic E-state index is -0.454. The summed E-state index contributed by atoms with van der Waals surface area (Å²) in [6.45, 7) is 4.28. The number of nitrogens with zero attached hydrogens (tertiary/aromatic N) is 1. The fourth-order valence-electron chi connectivity index (χ4n) is 1.46. The number of nitrogens with two attached hydrogens (primary N) is 1. The number of hydrogen-bond acceptors (Lipinski definition) is 4. The Morgan fingerprint density at radius 2 is 1.95 bits per heavy atom. The molecule has 0 heterocycles. The molecule has 0 aliphatic heterocycles. The van der Waals surface area contributed by atoms with Gasteiger partial charge in [0.25, 0.3) is 5.69 Å². The molecule has 1 aromatic rings. The minimum absolute atomic E-state index is 0.0388. The quantitative estimate of drug-likeness (QED) is 0.602. The van der Waals surface area contributed by atoms with E-state index in [4.69, 9.17) is 5.73 Å². The number of carbonyl (C=O) groups excluding carboxylic acids is 1. The van der Waals surface area contributed by atoms with E-state index in [1.54, 1.807) is 12.1 Å². The monoisotopic (exact) mass is 265 g/mol. The van der Waals surface area contributed by atoms with Crippen molar-refractivity contribution in [1.29, 1.82) is 0 Å². The molecule has 1 amide bonds. The van der Waals surface area contributed by atoms with Crippen molar-refractivity contribution in [3.05, 3.63) is 39.9 Å². The van der Waals surface area contributed by atoms with Gasteiger partial charge in [-0.15, -0.1) is 0 Å². The van der Waals surface area contributed by atoms with Crippen LogP contribution in [0, 0.1) is 16.0 Å². The second-order valence-corrected chi connectivity index (χ2v) is 4.81. The number of nitro benzene ring substituents is 1. The Kier molecular flexibility index (Phi) is 5.44. The molecular formula is C13H19N3O3. The van der Waals surface area contributed by atoms with Gasteiger partial charge in [0, 0.05) is 31.1 Å². The zero-order valence-electron chi connectivity index (χ0n) is 11.1. The van der Waals surface area contributed by atoms with Gasteiger partial charge in [-0.25, -0.2) is 0 Å². The molecule has 0 aliphatic carbocycles. The largest absolute Gasteiger partial charge is 0.352 e. The van der Waals surface area contributed by atoms with Crippen molar-refractivity contribution in [1.82, 2.24) is 5.32 Å². The number of nitrogens with one attached hydrogen (secondary N) is 1. The van der Waals surface area contributed by atoms with Gasteiger partial charge in [-0.2, -0.15) is 0 Å². The highest BCUT2D eigenvalue weighted by atomic mass is 16.6. The Bertz CT molecular complexity index is 443. The molecule has 0 saturated carbocycles. The normalized spacial score (nSPS) is 12.2. The summed E-state index contributed by atoms with van der Waals surface area (Å²) in [6, 6.07) is 5.93. The molecule has 1 unspecified atom stereocenters. The van der Waals surface area contributed by atoms with Gasteiger partial charge in [0.1, 0.15) is 0 Å². The molecule has 0 spiro atoms. The highest BCUT2D eigenvalue weighted by molar-refractivity contribution is 5.76. The van der Waals surface area contributed by atoms with E-state index in [0.717, 1.165) is 5.56 Å². The maximum atomic E-state index is 11.6. The average molecular weight is 265 g/mol. The lowest BCUT2D eigenvalue weighted by Gasteiger charge is -2.14. The minimum Gasteiger partial charge on any atom is -0.352 e. The third-order valence-electron chi connectivity index (χ3n) is 2.91. The highest BCUT2D eigenvalue weighted by Crippen LogP contribution is 2.11. The summed E-state index contributed by atoms with van der Waals surface area (Å²) in [5, 5.41) is 13.2. The van der Waals surface area contributed by atoms with Crippen molar-refractivity contribution in [2.24, 2.45) is 11.7 Å². The molecule has 104 valence electrons. The summed E-state index contributed by atoms with van der Waals surface area (Å²) in [7, 11) is 0. The number of non-ortho nitro benzene ring substituents is 1. The zero-order valence-corrected chi connectivity index (χ0v) is 11.1. The van der Waals surface area contributed by atoms with E-state index in [9.17, 15) is 14.9 Å². The lowest BCUT2D eigenvalue weighted by atomic mass is 10.0. The van der Waals surface area contributed by atoms with Gasteiger partial charge >= 0.3 is 0 Å². The van der Waals surface area contributed by atoms with E-state index in [1.165, 1.54) is 12.1 Å². The zero-order chi connectivity index (χ0) is 14.4. The average Bonchev–Trinajstić information content (AvgIpc) is 2.36. The van der Waals surface area contributed by atoms with Crippen molar-refractivity contribution in [3.8, 4) is 0 Å². The predicted molar refractivity (Wildman–Crippen MR) is 72.4 cm³/mol. The molecule has 1 atom stereocenters. The Morgan fingerprint density at radius 3 is 2.42 bits per heavy atom. The van der Waals surface area contributed by atoms with Crippen molar-refractivity contribution in [3.63, 3.8) is 0 Å². The topological polar surface area (TPSA) is 98.3 Å². The fourth-order valence-corrected chi connectivity index (χ4v) is 1.46. The number of rotatable bonds is 6. The molecule has 1 aromatic carbocycles. The number of amides is 1. The lowest BCUT2D eigenvalue weighted by molar-refractivity contribution is -0.384. The summed E-state index contributed by atoms with van der Waals surface area (Å²) in [5.74, 6) is 0.143. The molecule has 0 bridgehead atoms. The van der Waals surface area contributed by atoms with Crippen LogP contribution in [0.15, 0.2) is 24.3 Å². The summed E-state index contributed by atoms with van der Waals surface area (Å²) >= 11 is 0. The number of benzene rings is 1. The first-order valence-electron chi connectivity index (χ1n) is 6.15. The number of hydrogen-bond donors (Lipinski definition) is 2. The number of carbonyl (C=O) groups is 1. The van der Waals surface area contributed by atoms with Crippen LogP contribution in [-0.2, 0) is 11.3 Å². The Balaban J connectivity index is 2.44.